The Morgan fingerprint density at radius 3 is 2.55 bits per heavy atom. The molecule has 0 saturated carbocycles. The highest BCUT2D eigenvalue weighted by atomic mass is 16.4. The van der Waals surface area contributed by atoms with Crippen LogP contribution >= 0.6 is 0 Å². The minimum atomic E-state index is -1.46. The summed E-state index contributed by atoms with van der Waals surface area (Å²) in [5.41, 5.74) is 3.41. The van der Waals surface area contributed by atoms with E-state index in [4.69, 9.17) is 0 Å². The number of para-hydroxylation sites is 2. The lowest BCUT2D eigenvalue weighted by Crippen LogP contribution is -2.33. The highest BCUT2D eigenvalue weighted by molar-refractivity contribution is 6.59. The van der Waals surface area contributed by atoms with Gasteiger partial charge in [0.1, 0.15) is 5.82 Å². The van der Waals surface area contributed by atoms with Crippen molar-refractivity contribution in [3.8, 4) is 0 Å². The van der Waals surface area contributed by atoms with Gasteiger partial charge in [-0.15, -0.1) is 0 Å². The molecule has 0 saturated heterocycles. The summed E-state index contributed by atoms with van der Waals surface area (Å²) in [7, 11) is -1.46. The van der Waals surface area contributed by atoms with Crippen molar-refractivity contribution < 1.29 is 10.0 Å². The fraction of sp³-hybridized carbons (Fsp3) is 0.133. The normalized spacial score (nSPS) is 10.9. The maximum absolute atomic E-state index is 9.45. The monoisotopic (exact) mass is 266 g/mol. The van der Waals surface area contributed by atoms with Crippen molar-refractivity contribution in [2.24, 2.45) is 0 Å². The Morgan fingerprint density at radius 2 is 1.75 bits per heavy atom. The number of benzene rings is 2. The number of hydrogen-bond donors (Lipinski definition) is 2. The van der Waals surface area contributed by atoms with Gasteiger partial charge in [-0.05, 0) is 30.1 Å². The maximum Gasteiger partial charge on any atom is 0.488 e. The zero-order valence-corrected chi connectivity index (χ0v) is 11.2. The van der Waals surface area contributed by atoms with Crippen molar-refractivity contribution in [2.45, 2.75) is 13.5 Å². The number of fused-ring (bicyclic) bond motifs is 1. The third kappa shape index (κ3) is 2.22. The number of aromatic nitrogens is 2. The third-order valence-corrected chi connectivity index (χ3v) is 3.51. The van der Waals surface area contributed by atoms with Crippen LogP contribution in [0.1, 0.15) is 11.4 Å². The van der Waals surface area contributed by atoms with E-state index >= 15 is 0 Å². The van der Waals surface area contributed by atoms with Crippen molar-refractivity contribution in [2.75, 3.05) is 0 Å². The van der Waals surface area contributed by atoms with Crippen LogP contribution in [-0.2, 0) is 6.54 Å². The molecule has 0 amide bonds. The highest BCUT2D eigenvalue weighted by Crippen LogP contribution is 2.16. The molecular formula is C15H15BN2O2. The third-order valence-electron chi connectivity index (χ3n) is 3.51. The van der Waals surface area contributed by atoms with Gasteiger partial charge < -0.3 is 14.6 Å². The molecule has 4 nitrogen and oxygen atoms in total. The lowest BCUT2D eigenvalue weighted by molar-refractivity contribution is 0.425. The van der Waals surface area contributed by atoms with Crippen LogP contribution in [0.25, 0.3) is 11.0 Å². The summed E-state index contributed by atoms with van der Waals surface area (Å²) in [5.74, 6) is 0.911. The molecule has 2 aromatic carbocycles. The van der Waals surface area contributed by atoms with Crippen LogP contribution in [0.3, 0.4) is 0 Å². The lowest BCUT2D eigenvalue weighted by atomic mass is 9.77. The van der Waals surface area contributed by atoms with Gasteiger partial charge in [0.05, 0.1) is 11.0 Å². The summed E-state index contributed by atoms with van der Waals surface area (Å²) in [6.07, 6.45) is 0. The van der Waals surface area contributed by atoms with Gasteiger partial charge in [-0.2, -0.15) is 0 Å². The van der Waals surface area contributed by atoms with Crippen LogP contribution in [0.4, 0.5) is 0 Å². The first-order valence-corrected chi connectivity index (χ1v) is 6.52. The fourth-order valence-corrected chi connectivity index (χ4v) is 2.50. The summed E-state index contributed by atoms with van der Waals surface area (Å²) in [6, 6.07) is 15.3. The van der Waals surface area contributed by atoms with Gasteiger partial charge in [0, 0.05) is 6.54 Å². The summed E-state index contributed by atoms with van der Waals surface area (Å²) >= 11 is 0. The number of aryl methyl sites for hydroxylation is 1. The van der Waals surface area contributed by atoms with E-state index in [9.17, 15) is 10.0 Å². The molecule has 0 fully saturated rings. The second-order valence-corrected chi connectivity index (χ2v) is 4.81. The van der Waals surface area contributed by atoms with Gasteiger partial charge in [-0.3, -0.25) is 0 Å². The number of nitrogens with zero attached hydrogens (tertiary/aromatic N) is 2. The average molecular weight is 266 g/mol. The molecule has 3 aromatic rings. The predicted octanol–water partition coefficient (Wildman–Crippen LogP) is 1.07. The zero-order valence-electron chi connectivity index (χ0n) is 11.2. The standard InChI is InChI=1S/C15H15BN2O2/c1-11-17-14-8-4-5-9-15(14)18(11)10-12-6-2-3-7-13(12)16(19)20/h2-9,19-20H,10H2,1H3. The van der Waals surface area contributed by atoms with E-state index in [0.29, 0.717) is 12.0 Å². The van der Waals surface area contributed by atoms with E-state index in [2.05, 4.69) is 9.55 Å². The van der Waals surface area contributed by atoms with Gasteiger partial charge in [-0.1, -0.05) is 36.4 Å². The molecule has 2 N–H and O–H groups in total. The Kier molecular flexibility index (Phi) is 3.30. The first kappa shape index (κ1) is 12.9. The minimum Gasteiger partial charge on any atom is -0.423 e. The second kappa shape index (κ2) is 5.11. The Morgan fingerprint density at radius 1 is 1.05 bits per heavy atom. The predicted molar refractivity (Wildman–Crippen MR) is 79.8 cm³/mol. The highest BCUT2D eigenvalue weighted by Gasteiger charge is 2.16. The van der Waals surface area contributed by atoms with Crippen molar-refractivity contribution in [3.05, 3.63) is 59.9 Å². The quantitative estimate of drug-likeness (QED) is 0.697. The summed E-state index contributed by atoms with van der Waals surface area (Å²) in [6.45, 7) is 2.53. The molecule has 20 heavy (non-hydrogen) atoms. The van der Waals surface area contributed by atoms with Gasteiger partial charge in [0.15, 0.2) is 0 Å². The SMILES string of the molecule is Cc1nc2ccccc2n1Cc1ccccc1B(O)O. The molecule has 0 aliphatic heterocycles. The Bertz CT molecular complexity index is 752. The van der Waals surface area contributed by atoms with Crippen molar-refractivity contribution in [3.63, 3.8) is 0 Å². The van der Waals surface area contributed by atoms with Crippen LogP contribution in [0.15, 0.2) is 48.5 Å². The molecule has 1 heterocycles. The molecule has 0 spiro atoms. The molecule has 0 atom stereocenters. The van der Waals surface area contributed by atoms with Crippen LogP contribution in [0, 0.1) is 6.92 Å². The lowest BCUT2D eigenvalue weighted by Gasteiger charge is -2.11. The van der Waals surface area contributed by atoms with Gasteiger partial charge in [-0.25, -0.2) is 4.98 Å². The molecular weight excluding hydrogens is 251 g/mol. The first-order valence-electron chi connectivity index (χ1n) is 6.52. The van der Waals surface area contributed by atoms with Crippen LogP contribution < -0.4 is 5.46 Å². The molecule has 1 aromatic heterocycles. The van der Waals surface area contributed by atoms with E-state index < -0.39 is 7.12 Å². The van der Waals surface area contributed by atoms with E-state index in [-0.39, 0.29) is 0 Å². The van der Waals surface area contributed by atoms with Gasteiger partial charge in [0.25, 0.3) is 0 Å². The summed E-state index contributed by atoms with van der Waals surface area (Å²) in [4.78, 5) is 4.52. The second-order valence-electron chi connectivity index (χ2n) is 4.81. The maximum atomic E-state index is 9.45. The molecule has 0 aliphatic rings. The fourth-order valence-electron chi connectivity index (χ4n) is 2.50. The summed E-state index contributed by atoms with van der Waals surface area (Å²) < 4.78 is 2.08. The number of rotatable bonds is 3. The molecule has 0 radical (unpaired) electrons. The smallest absolute Gasteiger partial charge is 0.423 e. The topological polar surface area (TPSA) is 58.3 Å². The Labute approximate surface area is 117 Å². The molecule has 5 heteroatoms. The van der Waals surface area contributed by atoms with Crippen molar-refractivity contribution >= 4 is 23.6 Å². The summed E-state index contributed by atoms with van der Waals surface area (Å²) in [5, 5.41) is 18.9. The van der Waals surface area contributed by atoms with Crippen molar-refractivity contribution in [1.82, 2.24) is 9.55 Å². The molecule has 0 aliphatic carbocycles. The number of hydrogen-bond acceptors (Lipinski definition) is 3. The van der Waals surface area contributed by atoms with E-state index in [1.54, 1.807) is 12.1 Å². The van der Waals surface area contributed by atoms with Crippen molar-refractivity contribution in [1.29, 1.82) is 0 Å². The van der Waals surface area contributed by atoms with Gasteiger partial charge in [0.2, 0.25) is 0 Å². The number of imidazole rings is 1. The Hall–Kier alpha value is -2.11. The van der Waals surface area contributed by atoms with E-state index in [0.717, 1.165) is 22.4 Å². The van der Waals surface area contributed by atoms with Gasteiger partial charge >= 0.3 is 7.12 Å². The first-order chi connectivity index (χ1) is 9.66. The van der Waals surface area contributed by atoms with Crippen LogP contribution in [0.2, 0.25) is 0 Å². The average Bonchev–Trinajstić information content (AvgIpc) is 2.76. The Balaban J connectivity index is 2.08. The minimum absolute atomic E-state index is 0.532. The van der Waals surface area contributed by atoms with E-state index in [1.807, 2.05) is 43.3 Å². The molecule has 0 unspecified atom stereocenters. The zero-order chi connectivity index (χ0) is 14.1. The van der Waals surface area contributed by atoms with Crippen LogP contribution in [0.5, 0.6) is 0 Å². The molecule has 0 bridgehead atoms. The molecule has 3 rings (SSSR count). The van der Waals surface area contributed by atoms with E-state index in [1.165, 1.54) is 0 Å². The van der Waals surface area contributed by atoms with Crippen LogP contribution in [-0.4, -0.2) is 26.7 Å². The largest absolute Gasteiger partial charge is 0.488 e. The molecule has 100 valence electrons.